The van der Waals surface area contributed by atoms with Crippen molar-refractivity contribution >= 4 is 17.5 Å². The van der Waals surface area contributed by atoms with Crippen molar-refractivity contribution in [2.75, 3.05) is 11.4 Å². The molecule has 0 aliphatic carbocycles. The van der Waals surface area contributed by atoms with Crippen LogP contribution in [0.4, 0.5) is 11.5 Å². The third-order valence-electron chi connectivity index (χ3n) is 3.57. The normalized spacial score (nSPS) is 19.4. The van der Waals surface area contributed by atoms with E-state index >= 15 is 0 Å². The highest BCUT2D eigenvalue weighted by atomic mass is 16.6. The van der Waals surface area contributed by atoms with Gasteiger partial charge in [-0.3, -0.25) is 10.1 Å². The zero-order chi connectivity index (χ0) is 14.7. The standard InChI is InChI=1S/C13H17N3O4/c1-9-10(16(19)20)6-7-12(14-9)15-8-4-2-3-5-11(15)13(17)18/h6-7,11H,2-5,8H2,1H3,(H,17,18). The summed E-state index contributed by atoms with van der Waals surface area (Å²) >= 11 is 0. The Morgan fingerprint density at radius 1 is 1.45 bits per heavy atom. The molecule has 0 bridgehead atoms. The molecule has 1 unspecified atom stereocenters. The van der Waals surface area contributed by atoms with Crippen molar-refractivity contribution in [1.29, 1.82) is 0 Å². The Balaban J connectivity index is 2.34. The number of aromatic nitrogens is 1. The van der Waals surface area contributed by atoms with Gasteiger partial charge in [-0.2, -0.15) is 0 Å². The molecule has 0 saturated carbocycles. The number of carboxylic acid groups (broad SMARTS) is 1. The number of carboxylic acids is 1. The predicted molar refractivity (Wildman–Crippen MR) is 72.9 cm³/mol. The number of pyridine rings is 1. The fourth-order valence-corrected chi connectivity index (χ4v) is 2.53. The van der Waals surface area contributed by atoms with E-state index in [0.29, 0.717) is 24.5 Å². The van der Waals surface area contributed by atoms with Gasteiger partial charge < -0.3 is 10.0 Å². The number of nitro groups is 1. The molecule has 1 aliphatic rings. The van der Waals surface area contributed by atoms with Crippen LogP contribution < -0.4 is 4.90 Å². The third-order valence-corrected chi connectivity index (χ3v) is 3.57. The maximum atomic E-state index is 11.4. The van der Waals surface area contributed by atoms with E-state index < -0.39 is 16.9 Å². The number of nitrogens with zero attached hydrogens (tertiary/aromatic N) is 3. The smallest absolute Gasteiger partial charge is 0.326 e. The van der Waals surface area contributed by atoms with Crippen LogP contribution in [-0.4, -0.2) is 33.6 Å². The average molecular weight is 279 g/mol. The quantitative estimate of drug-likeness (QED) is 0.672. The van der Waals surface area contributed by atoms with E-state index in [2.05, 4.69) is 4.98 Å². The monoisotopic (exact) mass is 279 g/mol. The van der Waals surface area contributed by atoms with Gasteiger partial charge in [-0.05, 0) is 25.8 Å². The Labute approximate surface area is 116 Å². The SMILES string of the molecule is Cc1nc(N2CCCCCC2C(=O)O)ccc1[N+](=O)[O-]. The lowest BCUT2D eigenvalue weighted by Crippen LogP contribution is -2.41. The van der Waals surface area contributed by atoms with Crippen molar-refractivity contribution in [3.63, 3.8) is 0 Å². The number of rotatable bonds is 3. The van der Waals surface area contributed by atoms with E-state index in [-0.39, 0.29) is 5.69 Å². The molecule has 0 spiro atoms. The topological polar surface area (TPSA) is 96.6 Å². The molecule has 1 aromatic rings. The van der Waals surface area contributed by atoms with E-state index in [1.54, 1.807) is 11.8 Å². The summed E-state index contributed by atoms with van der Waals surface area (Å²) in [6.45, 7) is 2.18. The summed E-state index contributed by atoms with van der Waals surface area (Å²) < 4.78 is 0. The molecule has 1 aliphatic heterocycles. The summed E-state index contributed by atoms with van der Waals surface area (Å²) in [6.07, 6.45) is 3.35. The average Bonchev–Trinajstić information content (AvgIpc) is 2.63. The first-order valence-electron chi connectivity index (χ1n) is 6.62. The zero-order valence-electron chi connectivity index (χ0n) is 11.3. The molecule has 0 radical (unpaired) electrons. The highest BCUT2D eigenvalue weighted by Gasteiger charge is 2.28. The molecule has 108 valence electrons. The van der Waals surface area contributed by atoms with Crippen molar-refractivity contribution in [1.82, 2.24) is 4.98 Å². The van der Waals surface area contributed by atoms with Gasteiger partial charge in [0.25, 0.3) is 5.69 Å². The van der Waals surface area contributed by atoms with E-state index in [0.717, 1.165) is 19.3 Å². The molecule has 1 aromatic heterocycles. The van der Waals surface area contributed by atoms with E-state index in [1.807, 2.05) is 0 Å². The first-order valence-corrected chi connectivity index (χ1v) is 6.62. The van der Waals surface area contributed by atoms with Crippen molar-refractivity contribution in [2.45, 2.75) is 38.6 Å². The molecular weight excluding hydrogens is 262 g/mol. The molecule has 7 nitrogen and oxygen atoms in total. The molecular formula is C13H17N3O4. The first-order chi connectivity index (χ1) is 9.50. The molecule has 20 heavy (non-hydrogen) atoms. The fraction of sp³-hybridized carbons (Fsp3) is 0.538. The van der Waals surface area contributed by atoms with Crippen LogP contribution in [0.5, 0.6) is 0 Å². The Morgan fingerprint density at radius 2 is 2.20 bits per heavy atom. The van der Waals surface area contributed by atoms with E-state index in [9.17, 15) is 20.0 Å². The summed E-state index contributed by atoms with van der Waals surface area (Å²) in [7, 11) is 0. The summed E-state index contributed by atoms with van der Waals surface area (Å²) in [6, 6.07) is 2.32. The largest absolute Gasteiger partial charge is 0.480 e. The fourth-order valence-electron chi connectivity index (χ4n) is 2.53. The number of hydrogen-bond acceptors (Lipinski definition) is 5. The second-order valence-electron chi connectivity index (χ2n) is 4.93. The molecule has 1 saturated heterocycles. The Kier molecular flexibility index (Phi) is 4.16. The molecule has 7 heteroatoms. The van der Waals surface area contributed by atoms with Crippen molar-refractivity contribution in [2.24, 2.45) is 0 Å². The van der Waals surface area contributed by atoms with Gasteiger partial charge >= 0.3 is 5.97 Å². The van der Waals surface area contributed by atoms with Crippen LogP contribution >= 0.6 is 0 Å². The Hall–Kier alpha value is -2.18. The number of anilines is 1. The first kappa shape index (κ1) is 14.2. The van der Waals surface area contributed by atoms with Crippen LogP contribution in [-0.2, 0) is 4.79 Å². The van der Waals surface area contributed by atoms with Crippen LogP contribution in [0.25, 0.3) is 0 Å². The second kappa shape index (κ2) is 5.85. The summed E-state index contributed by atoms with van der Waals surface area (Å²) in [5, 5.41) is 20.1. The lowest BCUT2D eigenvalue weighted by atomic mass is 10.1. The van der Waals surface area contributed by atoms with Crippen LogP contribution in [0, 0.1) is 17.0 Å². The molecule has 1 fully saturated rings. The van der Waals surface area contributed by atoms with Gasteiger partial charge in [-0.15, -0.1) is 0 Å². The molecule has 2 rings (SSSR count). The summed E-state index contributed by atoms with van der Waals surface area (Å²) in [5.41, 5.74) is 0.260. The Bertz CT molecular complexity index is 532. The van der Waals surface area contributed by atoms with Crippen LogP contribution in [0.3, 0.4) is 0 Å². The van der Waals surface area contributed by atoms with Gasteiger partial charge in [-0.1, -0.05) is 12.8 Å². The van der Waals surface area contributed by atoms with Gasteiger partial charge in [0.15, 0.2) is 0 Å². The summed E-state index contributed by atoms with van der Waals surface area (Å²) in [4.78, 5) is 27.6. The summed E-state index contributed by atoms with van der Waals surface area (Å²) in [5.74, 6) is -0.368. The maximum Gasteiger partial charge on any atom is 0.326 e. The van der Waals surface area contributed by atoms with E-state index in [1.165, 1.54) is 12.1 Å². The lowest BCUT2D eigenvalue weighted by molar-refractivity contribution is -0.385. The second-order valence-corrected chi connectivity index (χ2v) is 4.93. The molecule has 1 atom stereocenters. The van der Waals surface area contributed by atoms with Gasteiger partial charge in [-0.25, -0.2) is 9.78 Å². The minimum Gasteiger partial charge on any atom is -0.480 e. The molecule has 0 amide bonds. The van der Waals surface area contributed by atoms with Gasteiger partial charge in [0, 0.05) is 12.6 Å². The Morgan fingerprint density at radius 3 is 2.80 bits per heavy atom. The van der Waals surface area contributed by atoms with Crippen LogP contribution in [0.15, 0.2) is 12.1 Å². The van der Waals surface area contributed by atoms with E-state index in [4.69, 9.17) is 0 Å². The highest BCUT2D eigenvalue weighted by molar-refractivity contribution is 5.77. The highest BCUT2D eigenvalue weighted by Crippen LogP contribution is 2.26. The molecule has 2 heterocycles. The van der Waals surface area contributed by atoms with Crippen molar-refractivity contribution < 1.29 is 14.8 Å². The minimum atomic E-state index is -0.871. The third kappa shape index (κ3) is 2.87. The number of aryl methyl sites for hydroxylation is 1. The van der Waals surface area contributed by atoms with Gasteiger partial charge in [0.2, 0.25) is 0 Å². The molecule has 0 aromatic carbocycles. The number of hydrogen-bond donors (Lipinski definition) is 1. The van der Waals surface area contributed by atoms with Gasteiger partial charge in [0.1, 0.15) is 17.6 Å². The predicted octanol–water partition coefficient (Wildman–Crippen LogP) is 2.13. The van der Waals surface area contributed by atoms with Crippen molar-refractivity contribution in [3.8, 4) is 0 Å². The van der Waals surface area contributed by atoms with Crippen LogP contribution in [0.2, 0.25) is 0 Å². The minimum absolute atomic E-state index is 0.0459. The zero-order valence-corrected chi connectivity index (χ0v) is 11.3. The molecule has 1 N–H and O–H groups in total. The lowest BCUT2D eigenvalue weighted by Gasteiger charge is -2.28. The van der Waals surface area contributed by atoms with Gasteiger partial charge in [0.05, 0.1) is 4.92 Å². The van der Waals surface area contributed by atoms with Crippen molar-refractivity contribution in [3.05, 3.63) is 27.9 Å². The number of carbonyl (C=O) groups is 1. The van der Waals surface area contributed by atoms with Crippen LogP contribution in [0.1, 0.15) is 31.4 Å². The number of aliphatic carboxylic acids is 1. The maximum absolute atomic E-state index is 11.4.